The van der Waals surface area contributed by atoms with E-state index in [2.05, 4.69) is 89.6 Å². The maximum absolute atomic E-state index is 5.28. The minimum Gasteiger partial charge on any atom is -0.355 e. The first-order valence-corrected chi connectivity index (χ1v) is 15.7. The third-order valence-electron chi connectivity index (χ3n) is 8.97. The number of aryl methyl sites for hydroxylation is 4. The van der Waals surface area contributed by atoms with Crippen molar-refractivity contribution >= 4 is 44.4 Å². The minimum atomic E-state index is 0. The second-order valence-corrected chi connectivity index (χ2v) is 10.9. The Hall–Kier alpha value is -2.02. The van der Waals surface area contributed by atoms with Crippen LogP contribution >= 0.6 is 0 Å². The van der Waals surface area contributed by atoms with Crippen LogP contribution in [0.3, 0.4) is 0 Å². The first-order valence-electron chi connectivity index (χ1n) is 15.7. The summed E-state index contributed by atoms with van der Waals surface area (Å²) < 4.78 is 0. The van der Waals surface area contributed by atoms with Gasteiger partial charge in [-0.2, -0.15) is 0 Å². The zero-order chi connectivity index (χ0) is 28.6. The number of H-pyrrole nitrogens is 2. The molecule has 0 spiro atoms. The van der Waals surface area contributed by atoms with Gasteiger partial charge in [0.05, 0.1) is 22.8 Å². The Morgan fingerprint density at radius 3 is 0.905 bits per heavy atom. The van der Waals surface area contributed by atoms with Crippen molar-refractivity contribution in [2.24, 2.45) is 0 Å². The Morgan fingerprint density at radius 2 is 0.643 bits per heavy atom. The summed E-state index contributed by atoms with van der Waals surface area (Å²) in [5.41, 5.74) is 20.2. The normalized spacial score (nSPS) is 13.0. The summed E-state index contributed by atoms with van der Waals surface area (Å²) in [6, 6.07) is 9.24. The van der Waals surface area contributed by atoms with Crippen LogP contribution in [0.4, 0.5) is 0 Å². The second kappa shape index (κ2) is 14.6. The Balaban J connectivity index is 0.00000242. The van der Waals surface area contributed by atoms with E-state index in [1.165, 1.54) is 66.6 Å². The summed E-state index contributed by atoms with van der Waals surface area (Å²) in [5, 5.41) is 0. The van der Waals surface area contributed by atoms with Gasteiger partial charge in [0, 0.05) is 22.1 Å². The molecule has 4 nitrogen and oxygen atoms in total. The van der Waals surface area contributed by atoms with E-state index in [0.717, 1.165) is 74.1 Å². The maximum Gasteiger partial charge on any atom is 2.00 e. The van der Waals surface area contributed by atoms with Crippen molar-refractivity contribution < 1.29 is 42.1 Å². The molecule has 2 aliphatic heterocycles. The number of nitrogens with zero attached hydrogens (tertiary/aromatic N) is 2. The van der Waals surface area contributed by atoms with E-state index in [1.807, 2.05) is 0 Å². The fraction of sp³-hybridized carbons (Fsp3) is 0.444. The number of hydrogen-bond donors (Lipinski definition) is 2. The molecule has 8 bridgehead atoms. The Bertz CT molecular complexity index is 1560. The molecule has 3 aromatic heterocycles. The van der Waals surface area contributed by atoms with Crippen LogP contribution in [0.1, 0.15) is 126 Å². The van der Waals surface area contributed by atoms with Crippen LogP contribution in [0.5, 0.6) is 0 Å². The average Bonchev–Trinajstić information content (AvgIpc) is 3.67. The molecule has 0 saturated heterocycles. The summed E-state index contributed by atoms with van der Waals surface area (Å²) in [7, 11) is 0. The Kier molecular flexibility index (Phi) is 12.0. The van der Waals surface area contributed by atoms with Gasteiger partial charge in [0.25, 0.3) is 0 Å². The number of fused-ring (bicyclic) bond motifs is 8. The summed E-state index contributed by atoms with van der Waals surface area (Å²) in [5.74, 6) is 0. The van der Waals surface area contributed by atoms with Gasteiger partial charge in [0.15, 0.2) is 0 Å². The number of hydrogen-bond acceptors (Lipinski definition) is 2. The topological polar surface area (TPSA) is 57.4 Å². The van der Waals surface area contributed by atoms with Crippen molar-refractivity contribution in [3.63, 3.8) is 0 Å². The molecular weight excluding hydrogens is 879 g/mol. The molecule has 42 heavy (non-hydrogen) atoms. The van der Waals surface area contributed by atoms with E-state index >= 15 is 0 Å². The van der Waals surface area contributed by atoms with E-state index < -0.39 is 0 Å². The largest absolute Gasteiger partial charge is 2.00 e. The van der Waals surface area contributed by atoms with Crippen molar-refractivity contribution in [1.82, 2.24) is 19.9 Å². The van der Waals surface area contributed by atoms with Crippen LogP contribution < -0.4 is 0 Å². The molecular formula is C36H46N4Pt2+4. The predicted octanol–water partition coefficient (Wildman–Crippen LogP) is 10.0. The standard InChI is InChI=1S/C36H46N4.2Pt/c1-9-21-22(10-2)30-18-32-25(13-5)26(14-6)34(39-32)20-36-28(16-8)27(15-7)35(40-36)19-33-24(12-4)23(11-3)31(38-33)17-29(21)37-30;;/h17-20,37-38H,9-16H2,1-8H3;;/q;2*+2. The zero-order valence-electron chi connectivity index (χ0n) is 26.5. The van der Waals surface area contributed by atoms with Crippen molar-refractivity contribution in [3.8, 4) is 0 Å². The molecule has 2 N–H and O–H groups in total. The van der Waals surface area contributed by atoms with Gasteiger partial charge in [0.2, 0.25) is 0 Å². The van der Waals surface area contributed by atoms with Gasteiger partial charge in [-0.15, -0.1) is 0 Å². The summed E-state index contributed by atoms with van der Waals surface area (Å²) in [4.78, 5) is 18.2. The number of nitrogens with one attached hydrogen (secondary N) is 2. The molecule has 3 aromatic rings. The molecule has 0 saturated carbocycles. The third-order valence-corrected chi connectivity index (χ3v) is 8.97. The number of aromatic amines is 2. The molecule has 0 amide bonds. The molecule has 0 aliphatic carbocycles. The Labute approximate surface area is 280 Å². The molecule has 0 aromatic carbocycles. The minimum absolute atomic E-state index is 0. The van der Waals surface area contributed by atoms with Crippen LogP contribution in [0.15, 0.2) is 24.3 Å². The van der Waals surface area contributed by atoms with Gasteiger partial charge >= 0.3 is 42.1 Å². The van der Waals surface area contributed by atoms with Gasteiger partial charge in [-0.25, -0.2) is 9.97 Å². The molecule has 226 valence electrons. The maximum atomic E-state index is 5.28. The van der Waals surface area contributed by atoms with Gasteiger partial charge < -0.3 is 9.97 Å². The third kappa shape index (κ3) is 5.88. The SMILES string of the molecule is CCC1=C(CC)c2cc3[nH]c(cc4[nH]c(cc5nc(cc1n2)C(CC)=C5CC)c(CC)c4CC)c(CC)c3CC.[Pt+2].[Pt+2]. The molecule has 0 fully saturated rings. The first kappa shape index (κ1) is 34.5. The van der Waals surface area contributed by atoms with E-state index in [9.17, 15) is 0 Å². The van der Waals surface area contributed by atoms with E-state index in [4.69, 9.17) is 9.97 Å². The van der Waals surface area contributed by atoms with E-state index in [-0.39, 0.29) is 42.1 Å². The monoisotopic (exact) mass is 924 g/mol. The summed E-state index contributed by atoms with van der Waals surface area (Å²) >= 11 is 0. The summed E-state index contributed by atoms with van der Waals surface area (Å²) in [6.45, 7) is 18.1. The fourth-order valence-electron chi connectivity index (χ4n) is 7.10. The molecule has 2 aliphatic rings. The number of aromatic nitrogens is 4. The van der Waals surface area contributed by atoms with Gasteiger partial charge in [-0.1, -0.05) is 55.4 Å². The van der Waals surface area contributed by atoms with Crippen LogP contribution in [-0.4, -0.2) is 19.9 Å². The molecule has 5 heterocycles. The average molecular weight is 925 g/mol. The predicted molar refractivity (Wildman–Crippen MR) is 173 cm³/mol. The quantitative estimate of drug-likeness (QED) is 0.237. The van der Waals surface area contributed by atoms with Crippen LogP contribution in [0.2, 0.25) is 0 Å². The van der Waals surface area contributed by atoms with Gasteiger partial charge in [0.1, 0.15) is 0 Å². The number of allylic oxidation sites excluding steroid dienone is 4. The second-order valence-electron chi connectivity index (χ2n) is 10.9. The fourth-order valence-corrected chi connectivity index (χ4v) is 7.10. The smallest absolute Gasteiger partial charge is 0.355 e. The van der Waals surface area contributed by atoms with Gasteiger partial charge in [-0.05, 0) is 120 Å². The van der Waals surface area contributed by atoms with Crippen LogP contribution in [0, 0.1) is 0 Å². The molecule has 0 unspecified atom stereocenters. The number of rotatable bonds is 8. The van der Waals surface area contributed by atoms with E-state index in [1.54, 1.807) is 0 Å². The van der Waals surface area contributed by atoms with E-state index in [0.29, 0.717) is 0 Å². The molecule has 5 rings (SSSR count). The van der Waals surface area contributed by atoms with Crippen LogP contribution in [0.25, 0.3) is 44.4 Å². The van der Waals surface area contributed by atoms with Crippen molar-refractivity contribution in [1.29, 1.82) is 0 Å². The summed E-state index contributed by atoms with van der Waals surface area (Å²) in [6.07, 6.45) is 7.84. The van der Waals surface area contributed by atoms with Crippen molar-refractivity contribution in [2.75, 3.05) is 0 Å². The van der Waals surface area contributed by atoms with Crippen LogP contribution in [-0.2, 0) is 67.8 Å². The first-order chi connectivity index (χ1) is 19.5. The van der Waals surface area contributed by atoms with Crippen molar-refractivity contribution in [3.05, 3.63) is 69.3 Å². The van der Waals surface area contributed by atoms with Crippen molar-refractivity contribution in [2.45, 2.75) is 107 Å². The molecule has 6 heteroatoms. The molecule has 0 atom stereocenters. The zero-order valence-corrected chi connectivity index (χ0v) is 31.0. The van der Waals surface area contributed by atoms with Gasteiger partial charge in [-0.3, -0.25) is 0 Å². The Morgan fingerprint density at radius 1 is 0.381 bits per heavy atom. The molecule has 0 radical (unpaired) electrons.